The summed E-state index contributed by atoms with van der Waals surface area (Å²) in [6.07, 6.45) is 4.54. The summed E-state index contributed by atoms with van der Waals surface area (Å²) in [7, 11) is 0. The third kappa shape index (κ3) is 5.78. The molecule has 3 atom stereocenters. The van der Waals surface area contributed by atoms with Crippen LogP contribution in [0.15, 0.2) is 22.7 Å². The van der Waals surface area contributed by atoms with E-state index < -0.39 is 6.10 Å². The Bertz CT molecular complexity index is 458. The molecule has 1 saturated carbocycles. The van der Waals surface area contributed by atoms with Crippen LogP contribution < -0.4 is 5.32 Å². The van der Waals surface area contributed by atoms with E-state index in [1.54, 1.807) is 0 Å². The Labute approximate surface area is 140 Å². The molecule has 3 nitrogen and oxygen atoms in total. The SMILES string of the molecule is CC1CCCC(OCC(O)CNc2cc(Cl)ccc2Br)C1. The van der Waals surface area contributed by atoms with Gasteiger partial charge in [0, 0.05) is 21.7 Å². The molecule has 1 aromatic rings. The zero-order chi connectivity index (χ0) is 15.2. The van der Waals surface area contributed by atoms with Crippen LogP contribution in [0.4, 0.5) is 5.69 Å². The lowest BCUT2D eigenvalue weighted by Crippen LogP contribution is -2.30. The van der Waals surface area contributed by atoms with Crippen LogP contribution in [0.3, 0.4) is 0 Å². The summed E-state index contributed by atoms with van der Waals surface area (Å²) in [4.78, 5) is 0. The van der Waals surface area contributed by atoms with Gasteiger partial charge in [-0.3, -0.25) is 0 Å². The van der Waals surface area contributed by atoms with E-state index in [1.807, 2.05) is 18.2 Å². The van der Waals surface area contributed by atoms with Gasteiger partial charge in [0.05, 0.1) is 18.8 Å². The first kappa shape index (κ1) is 17.1. The van der Waals surface area contributed by atoms with E-state index in [4.69, 9.17) is 16.3 Å². The Kier molecular flexibility index (Phi) is 6.80. The van der Waals surface area contributed by atoms with Gasteiger partial charge in [-0.25, -0.2) is 0 Å². The van der Waals surface area contributed by atoms with E-state index in [1.165, 1.54) is 12.8 Å². The molecular formula is C16H23BrClNO2. The van der Waals surface area contributed by atoms with Crippen molar-refractivity contribution in [3.05, 3.63) is 27.7 Å². The first-order valence-electron chi connectivity index (χ1n) is 7.53. The van der Waals surface area contributed by atoms with Gasteiger partial charge in [-0.05, 0) is 52.9 Å². The number of benzene rings is 1. The number of hydrogen-bond acceptors (Lipinski definition) is 3. The Morgan fingerprint density at radius 3 is 3.05 bits per heavy atom. The number of hydrogen-bond donors (Lipinski definition) is 2. The van der Waals surface area contributed by atoms with Crippen LogP contribution in [0.5, 0.6) is 0 Å². The average molecular weight is 377 g/mol. The molecule has 2 N–H and O–H groups in total. The van der Waals surface area contributed by atoms with Crippen molar-refractivity contribution in [1.29, 1.82) is 0 Å². The van der Waals surface area contributed by atoms with Gasteiger partial charge in [-0.2, -0.15) is 0 Å². The first-order chi connectivity index (χ1) is 10.0. The highest BCUT2D eigenvalue weighted by Crippen LogP contribution is 2.27. The molecular weight excluding hydrogens is 354 g/mol. The molecule has 5 heteroatoms. The highest BCUT2D eigenvalue weighted by molar-refractivity contribution is 9.10. The lowest BCUT2D eigenvalue weighted by molar-refractivity contribution is -0.0274. The predicted octanol–water partition coefficient (Wildman–Crippen LogP) is 4.47. The van der Waals surface area contributed by atoms with Crippen molar-refractivity contribution in [2.75, 3.05) is 18.5 Å². The molecule has 0 radical (unpaired) electrons. The van der Waals surface area contributed by atoms with Crippen LogP contribution >= 0.6 is 27.5 Å². The van der Waals surface area contributed by atoms with Crippen LogP contribution in [0.2, 0.25) is 5.02 Å². The maximum Gasteiger partial charge on any atom is 0.0945 e. The minimum absolute atomic E-state index is 0.307. The molecule has 0 amide bonds. The number of halogens is 2. The average Bonchev–Trinajstić information content (AvgIpc) is 2.46. The van der Waals surface area contributed by atoms with Crippen molar-refractivity contribution >= 4 is 33.2 Å². The molecule has 0 aromatic heterocycles. The van der Waals surface area contributed by atoms with Crippen LogP contribution in [-0.4, -0.2) is 30.5 Å². The van der Waals surface area contributed by atoms with E-state index >= 15 is 0 Å². The van der Waals surface area contributed by atoms with Gasteiger partial charge in [-0.1, -0.05) is 31.4 Å². The largest absolute Gasteiger partial charge is 0.389 e. The maximum atomic E-state index is 10.0. The van der Waals surface area contributed by atoms with Gasteiger partial charge in [0.25, 0.3) is 0 Å². The molecule has 0 saturated heterocycles. The lowest BCUT2D eigenvalue weighted by atomic mass is 9.89. The van der Waals surface area contributed by atoms with E-state index in [0.29, 0.717) is 24.3 Å². The molecule has 1 aliphatic rings. The second-order valence-electron chi connectivity index (χ2n) is 5.89. The standard InChI is InChI=1S/C16H23BrClNO2/c1-11-3-2-4-14(7-11)21-10-13(20)9-19-16-8-12(18)5-6-15(16)17/h5-6,8,11,13-14,19-20H,2-4,7,9-10H2,1H3. The number of ether oxygens (including phenoxy) is 1. The summed E-state index contributed by atoms with van der Waals surface area (Å²) in [6.45, 7) is 3.09. The molecule has 1 aliphatic carbocycles. The monoisotopic (exact) mass is 375 g/mol. The highest BCUT2D eigenvalue weighted by atomic mass is 79.9. The minimum atomic E-state index is -0.520. The topological polar surface area (TPSA) is 41.5 Å². The fraction of sp³-hybridized carbons (Fsp3) is 0.625. The Hall–Kier alpha value is -0.290. The van der Waals surface area contributed by atoms with Crippen molar-refractivity contribution in [3.8, 4) is 0 Å². The number of anilines is 1. The fourth-order valence-electron chi connectivity index (χ4n) is 2.70. The summed E-state index contributed by atoms with van der Waals surface area (Å²) >= 11 is 9.42. The lowest BCUT2D eigenvalue weighted by Gasteiger charge is -2.27. The van der Waals surface area contributed by atoms with E-state index in [9.17, 15) is 5.11 Å². The summed E-state index contributed by atoms with van der Waals surface area (Å²) in [5.41, 5.74) is 0.882. The van der Waals surface area contributed by atoms with Crippen molar-refractivity contribution in [2.24, 2.45) is 5.92 Å². The number of aliphatic hydroxyl groups excluding tert-OH is 1. The van der Waals surface area contributed by atoms with Gasteiger partial charge in [0.2, 0.25) is 0 Å². The fourth-order valence-corrected chi connectivity index (χ4v) is 3.26. The first-order valence-corrected chi connectivity index (χ1v) is 8.70. The van der Waals surface area contributed by atoms with Crippen molar-refractivity contribution in [3.63, 3.8) is 0 Å². The molecule has 118 valence electrons. The summed E-state index contributed by atoms with van der Waals surface area (Å²) < 4.78 is 6.76. The predicted molar refractivity (Wildman–Crippen MR) is 91.0 cm³/mol. The summed E-state index contributed by atoms with van der Waals surface area (Å²) in [6, 6.07) is 5.54. The van der Waals surface area contributed by atoms with Gasteiger partial charge < -0.3 is 15.2 Å². The summed E-state index contributed by atoms with van der Waals surface area (Å²) in [5, 5.41) is 13.9. The zero-order valence-corrected chi connectivity index (χ0v) is 14.7. The molecule has 0 aliphatic heterocycles. The van der Waals surface area contributed by atoms with Gasteiger partial charge in [-0.15, -0.1) is 0 Å². The van der Waals surface area contributed by atoms with Gasteiger partial charge in [0.15, 0.2) is 0 Å². The normalized spacial score (nSPS) is 23.8. The van der Waals surface area contributed by atoms with E-state index in [2.05, 4.69) is 28.2 Å². The van der Waals surface area contributed by atoms with Crippen molar-refractivity contribution < 1.29 is 9.84 Å². The number of nitrogens with one attached hydrogen (secondary N) is 1. The quantitative estimate of drug-likeness (QED) is 0.769. The molecule has 21 heavy (non-hydrogen) atoms. The molecule has 0 spiro atoms. The number of rotatable bonds is 6. The minimum Gasteiger partial charge on any atom is -0.389 e. The Balaban J connectivity index is 1.72. The zero-order valence-electron chi connectivity index (χ0n) is 12.3. The Morgan fingerprint density at radius 1 is 1.48 bits per heavy atom. The van der Waals surface area contributed by atoms with E-state index in [-0.39, 0.29) is 0 Å². The molecule has 1 fully saturated rings. The van der Waals surface area contributed by atoms with Crippen molar-refractivity contribution in [2.45, 2.75) is 44.8 Å². The second kappa shape index (κ2) is 8.37. The maximum absolute atomic E-state index is 10.0. The van der Waals surface area contributed by atoms with Crippen LogP contribution in [0, 0.1) is 5.92 Å². The molecule has 3 unspecified atom stereocenters. The van der Waals surface area contributed by atoms with Crippen molar-refractivity contribution in [1.82, 2.24) is 0 Å². The Morgan fingerprint density at radius 2 is 2.29 bits per heavy atom. The van der Waals surface area contributed by atoms with Gasteiger partial charge in [0.1, 0.15) is 0 Å². The molecule has 1 aromatic carbocycles. The second-order valence-corrected chi connectivity index (χ2v) is 7.18. The highest BCUT2D eigenvalue weighted by Gasteiger charge is 2.20. The number of aliphatic hydroxyl groups is 1. The molecule has 2 rings (SSSR count). The van der Waals surface area contributed by atoms with Gasteiger partial charge >= 0.3 is 0 Å². The third-order valence-corrected chi connectivity index (χ3v) is 4.80. The van der Waals surface area contributed by atoms with Crippen LogP contribution in [0.1, 0.15) is 32.6 Å². The third-order valence-electron chi connectivity index (χ3n) is 3.87. The van der Waals surface area contributed by atoms with E-state index in [0.717, 1.165) is 28.9 Å². The summed E-state index contributed by atoms with van der Waals surface area (Å²) in [5.74, 6) is 0.737. The van der Waals surface area contributed by atoms with Crippen LogP contribution in [-0.2, 0) is 4.74 Å². The smallest absolute Gasteiger partial charge is 0.0945 e. The van der Waals surface area contributed by atoms with Crippen LogP contribution in [0.25, 0.3) is 0 Å². The molecule has 0 bridgehead atoms. The molecule has 0 heterocycles.